The summed E-state index contributed by atoms with van der Waals surface area (Å²) in [5.41, 5.74) is 0. The van der Waals surface area contributed by atoms with Crippen LogP contribution in [-0.4, -0.2) is 4.98 Å². The molecule has 0 unspecified atom stereocenters. The van der Waals surface area contributed by atoms with Crippen LogP contribution in [0, 0.1) is 0 Å². The van der Waals surface area contributed by atoms with Crippen LogP contribution in [0.5, 0.6) is 0 Å². The van der Waals surface area contributed by atoms with Crippen LogP contribution in [0.3, 0.4) is 0 Å². The third kappa shape index (κ3) is 1.92. The zero-order valence-corrected chi connectivity index (χ0v) is 8.01. The molecule has 4 heteroatoms. The molecule has 0 radical (unpaired) electrons. The summed E-state index contributed by atoms with van der Waals surface area (Å²) in [6.45, 7) is 0. The van der Waals surface area contributed by atoms with Crippen LogP contribution >= 0.6 is 43.5 Å². The number of rotatable bonds is 0. The zero-order valence-electron chi connectivity index (χ0n) is 6.08. The first-order valence-electron chi connectivity index (χ1n) is 3.01. The summed E-state index contributed by atoms with van der Waals surface area (Å²) >= 11 is 11.7. The lowest BCUT2D eigenvalue weighted by Gasteiger charge is -1.92. The van der Waals surface area contributed by atoms with Gasteiger partial charge in [0, 0.05) is 10.6 Å². The van der Waals surface area contributed by atoms with E-state index in [1.54, 1.807) is 0 Å². The largest absolute Gasteiger partial charge is 0.247 e. The van der Waals surface area contributed by atoms with Crippen molar-refractivity contribution >= 4 is 43.5 Å². The Balaban J connectivity index is 3.46. The zero-order chi connectivity index (χ0) is 8.59. The highest BCUT2D eigenvalue weighted by Crippen LogP contribution is 2.22. The second-order valence-electron chi connectivity index (χ2n) is 1.27. The van der Waals surface area contributed by atoms with Crippen molar-refractivity contribution in [2.24, 2.45) is 0 Å². The van der Waals surface area contributed by atoms with E-state index in [9.17, 15) is 0 Å². The molecule has 1 rings (SSSR count). The minimum atomic E-state index is 0.00581. The van der Waals surface area contributed by atoms with Crippen molar-refractivity contribution in [1.29, 1.82) is 0 Å². The number of aromatic nitrogens is 1. The molecular formula is C5H2Br2ClN. The maximum Gasteiger partial charge on any atom is 0.124 e. The van der Waals surface area contributed by atoms with Gasteiger partial charge in [-0.05, 0) is 37.9 Å². The average Bonchev–Trinajstić information content (AvgIpc) is 1.97. The Hall–Kier alpha value is 0.400. The Bertz CT molecular complexity index is 279. The molecule has 1 aromatic heterocycles. The molecule has 1 nitrogen and oxygen atoms in total. The van der Waals surface area contributed by atoms with Crippen LogP contribution in [0.1, 0.15) is 2.74 Å². The fourth-order valence-electron chi connectivity index (χ4n) is 0.323. The van der Waals surface area contributed by atoms with Gasteiger partial charge in [0.1, 0.15) is 4.60 Å². The number of hydrogen-bond donors (Lipinski definition) is 0. The molecule has 0 bridgehead atoms. The molecule has 1 aromatic rings. The highest BCUT2D eigenvalue weighted by molar-refractivity contribution is 9.11. The fraction of sp³-hybridized carbons (Fsp3) is 0. The molecule has 48 valence electrons. The van der Waals surface area contributed by atoms with Crippen LogP contribution in [0.4, 0.5) is 0 Å². The maximum absolute atomic E-state index is 7.36. The predicted octanol–water partition coefficient (Wildman–Crippen LogP) is 3.26. The summed E-state index contributed by atoms with van der Waals surface area (Å²) in [7, 11) is 0. The van der Waals surface area contributed by atoms with E-state index in [0.717, 1.165) is 0 Å². The SMILES string of the molecule is [2H]c1nc(Br)c(Cl)c([2H])c1Br. The van der Waals surface area contributed by atoms with Crippen molar-refractivity contribution in [1.82, 2.24) is 4.98 Å². The molecule has 0 atom stereocenters. The second kappa shape index (κ2) is 2.99. The van der Waals surface area contributed by atoms with Crippen molar-refractivity contribution < 1.29 is 2.74 Å². The number of nitrogens with zero attached hydrogens (tertiary/aromatic N) is 1. The molecule has 0 saturated heterocycles. The third-order valence-corrected chi connectivity index (χ3v) is 2.10. The van der Waals surface area contributed by atoms with Gasteiger partial charge in [-0.2, -0.15) is 0 Å². The molecule has 1 heterocycles. The number of pyridine rings is 1. The Morgan fingerprint density at radius 3 is 3.00 bits per heavy atom. The Kier molecular flexibility index (Phi) is 1.70. The lowest BCUT2D eigenvalue weighted by Crippen LogP contribution is -1.74. The highest BCUT2D eigenvalue weighted by atomic mass is 79.9. The number of halogens is 3. The first kappa shape index (κ1) is 5.10. The van der Waals surface area contributed by atoms with E-state index in [4.69, 9.17) is 14.3 Å². The first-order chi connectivity index (χ1) is 5.04. The molecule has 0 spiro atoms. The van der Waals surface area contributed by atoms with E-state index in [1.165, 1.54) is 0 Å². The van der Waals surface area contributed by atoms with Gasteiger partial charge in [-0.3, -0.25) is 0 Å². The molecule has 0 aromatic carbocycles. The molecule has 0 fully saturated rings. The van der Waals surface area contributed by atoms with Crippen molar-refractivity contribution in [3.63, 3.8) is 0 Å². The quantitative estimate of drug-likeness (QED) is 0.661. The average molecular weight is 273 g/mol. The highest BCUT2D eigenvalue weighted by Gasteiger charge is 1.95. The van der Waals surface area contributed by atoms with Crippen LogP contribution < -0.4 is 0 Å². The number of hydrogen-bond acceptors (Lipinski definition) is 1. The van der Waals surface area contributed by atoms with Gasteiger partial charge in [0.05, 0.1) is 7.76 Å². The molecule has 0 aliphatic carbocycles. The molecular weight excluding hydrogens is 269 g/mol. The lowest BCUT2D eigenvalue weighted by molar-refractivity contribution is 1.26. The molecule has 0 amide bonds. The van der Waals surface area contributed by atoms with Crippen LogP contribution in [0.25, 0.3) is 0 Å². The van der Waals surface area contributed by atoms with Crippen molar-refractivity contribution in [3.05, 3.63) is 26.3 Å². The van der Waals surface area contributed by atoms with Gasteiger partial charge in [0.2, 0.25) is 0 Å². The second-order valence-corrected chi connectivity index (χ2v) is 3.19. The van der Waals surface area contributed by atoms with Crippen LogP contribution in [0.2, 0.25) is 5.02 Å². The van der Waals surface area contributed by atoms with E-state index in [-0.39, 0.29) is 17.2 Å². The molecule has 0 saturated carbocycles. The normalized spacial score (nSPS) is 12.8. The summed E-state index contributed by atoms with van der Waals surface area (Å²) in [6, 6.07) is 0.0820. The van der Waals surface area contributed by atoms with E-state index >= 15 is 0 Å². The summed E-state index contributed by atoms with van der Waals surface area (Å²) in [4.78, 5) is 3.72. The summed E-state index contributed by atoms with van der Waals surface area (Å²) in [6.07, 6.45) is 0.00581. The van der Waals surface area contributed by atoms with Gasteiger partial charge < -0.3 is 0 Å². The van der Waals surface area contributed by atoms with E-state index in [2.05, 4.69) is 36.8 Å². The summed E-state index contributed by atoms with van der Waals surface area (Å²) in [5.74, 6) is 0. The van der Waals surface area contributed by atoms with Crippen LogP contribution in [0.15, 0.2) is 21.3 Å². The summed E-state index contributed by atoms with van der Waals surface area (Å²) in [5, 5.41) is 0.216. The van der Waals surface area contributed by atoms with Crippen molar-refractivity contribution in [2.45, 2.75) is 0 Å². The van der Waals surface area contributed by atoms with Crippen LogP contribution in [-0.2, 0) is 0 Å². The molecule has 9 heavy (non-hydrogen) atoms. The standard InChI is InChI=1S/C5H2Br2ClN/c6-3-1-4(8)5(7)9-2-3/h1-2H/i1D,2D. The van der Waals surface area contributed by atoms with Gasteiger partial charge in [-0.25, -0.2) is 4.98 Å². The van der Waals surface area contributed by atoms with Gasteiger partial charge in [0.15, 0.2) is 0 Å². The minimum Gasteiger partial charge on any atom is -0.247 e. The van der Waals surface area contributed by atoms with E-state index in [0.29, 0.717) is 9.08 Å². The topological polar surface area (TPSA) is 12.9 Å². The van der Waals surface area contributed by atoms with Crippen molar-refractivity contribution in [3.8, 4) is 0 Å². The monoisotopic (exact) mass is 271 g/mol. The van der Waals surface area contributed by atoms with Gasteiger partial charge in [-0.15, -0.1) is 0 Å². The van der Waals surface area contributed by atoms with Crippen molar-refractivity contribution in [2.75, 3.05) is 0 Å². The Morgan fingerprint density at radius 2 is 2.33 bits per heavy atom. The third-order valence-electron chi connectivity index (χ3n) is 0.653. The minimum absolute atomic E-state index is 0.00581. The van der Waals surface area contributed by atoms with Gasteiger partial charge in [0.25, 0.3) is 0 Å². The molecule has 0 aliphatic heterocycles. The first-order valence-corrected chi connectivity index (χ1v) is 3.98. The lowest BCUT2D eigenvalue weighted by atomic mass is 10.5. The fourth-order valence-corrected chi connectivity index (χ4v) is 1.05. The Labute approximate surface area is 77.5 Å². The molecule has 0 N–H and O–H groups in total. The van der Waals surface area contributed by atoms with Gasteiger partial charge >= 0.3 is 0 Å². The van der Waals surface area contributed by atoms with E-state index < -0.39 is 0 Å². The van der Waals surface area contributed by atoms with E-state index in [1.807, 2.05) is 0 Å². The smallest absolute Gasteiger partial charge is 0.124 e. The maximum atomic E-state index is 7.36. The summed E-state index contributed by atoms with van der Waals surface area (Å²) < 4.78 is 15.2. The Morgan fingerprint density at radius 1 is 1.67 bits per heavy atom. The molecule has 0 aliphatic rings. The van der Waals surface area contributed by atoms with Gasteiger partial charge in [-0.1, -0.05) is 11.6 Å². The predicted molar refractivity (Wildman–Crippen MR) is 44.6 cm³/mol.